The molecule has 0 aliphatic heterocycles. The van der Waals surface area contributed by atoms with E-state index in [1.165, 1.54) is 53.8 Å². The smallest absolute Gasteiger partial charge is 0.291 e. The van der Waals surface area contributed by atoms with Gasteiger partial charge < -0.3 is 9.73 Å². The number of hydrogen-bond donors (Lipinski definition) is 1. The fourth-order valence-electron chi connectivity index (χ4n) is 3.41. The minimum atomic E-state index is -3.70. The molecule has 1 heterocycles. The number of furan rings is 1. The van der Waals surface area contributed by atoms with Crippen molar-refractivity contribution in [2.75, 3.05) is 12.4 Å². The number of benzene rings is 3. The van der Waals surface area contributed by atoms with E-state index < -0.39 is 21.7 Å². The molecule has 0 fully saturated rings. The molecule has 8 heteroatoms. The molecule has 32 heavy (non-hydrogen) atoms. The summed E-state index contributed by atoms with van der Waals surface area (Å²) in [5, 5.41) is 3.21. The van der Waals surface area contributed by atoms with Crippen molar-refractivity contribution in [3.05, 3.63) is 95.5 Å². The standard InChI is InChI=1S/C24H21FN2O4S/c1-16-21-14-18(25)8-13-22(21)31-23(16)24(28)26-19-9-11-20(12-10-19)32(29,30)27(2)15-17-6-4-3-5-7-17/h3-14H,15H2,1-2H3,(H,26,28). The molecular formula is C24H21FN2O4S. The Kier molecular flexibility index (Phi) is 5.82. The second kappa shape index (κ2) is 8.57. The van der Waals surface area contributed by atoms with Gasteiger partial charge in [0.15, 0.2) is 5.76 Å². The number of hydrogen-bond acceptors (Lipinski definition) is 4. The largest absolute Gasteiger partial charge is 0.451 e. The molecule has 0 atom stereocenters. The highest BCUT2D eigenvalue weighted by Crippen LogP contribution is 2.27. The summed E-state index contributed by atoms with van der Waals surface area (Å²) in [5.74, 6) is -0.844. The molecule has 0 saturated heterocycles. The number of amides is 1. The van der Waals surface area contributed by atoms with E-state index in [4.69, 9.17) is 4.42 Å². The van der Waals surface area contributed by atoms with E-state index in [1.54, 1.807) is 6.92 Å². The Morgan fingerprint density at radius 3 is 2.41 bits per heavy atom. The van der Waals surface area contributed by atoms with Crippen LogP contribution in [0.3, 0.4) is 0 Å². The number of nitrogens with zero attached hydrogens (tertiary/aromatic N) is 1. The molecule has 0 aliphatic carbocycles. The van der Waals surface area contributed by atoms with Crippen LogP contribution in [-0.2, 0) is 16.6 Å². The van der Waals surface area contributed by atoms with Gasteiger partial charge in [0.25, 0.3) is 5.91 Å². The van der Waals surface area contributed by atoms with Crippen LogP contribution in [-0.4, -0.2) is 25.7 Å². The van der Waals surface area contributed by atoms with E-state index in [1.807, 2.05) is 30.3 Å². The second-order valence-corrected chi connectivity index (χ2v) is 9.47. The molecule has 0 radical (unpaired) electrons. The maximum atomic E-state index is 13.5. The minimum Gasteiger partial charge on any atom is -0.451 e. The first-order valence-electron chi connectivity index (χ1n) is 9.86. The van der Waals surface area contributed by atoms with Crippen molar-refractivity contribution in [3.63, 3.8) is 0 Å². The lowest BCUT2D eigenvalue weighted by atomic mass is 10.1. The molecule has 164 valence electrons. The Morgan fingerprint density at radius 2 is 1.72 bits per heavy atom. The number of fused-ring (bicyclic) bond motifs is 1. The average Bonchev–Trinajstić information content (AvgIpc) is 3.11. The maximum Gasteiger partial charge on any atom is 0.291 e. The molecule has 4 rings (SSSR count). The summed E-state index contributed by atoms with van der Waals surface area (Å²) in [6, 6.07) is 19.3. The van der Waals surface area contributed by atoms with Gasteiger partial charge in [-0.25, -0.2) is 12.8 Å². The summed E-state index contributed by atoms with van der Waals surface area (Å²) in [4.78, 5) is 12.8. The predicted octanol–water partition coefficient (Wildman–Crippen LogP) is 4.95. The molecule has 3 aromatic carbocycles. The van der Waals surface area contributed by atoms with Crippen molar-refractivity contribution in [1.29, 1.82) is 0 Å². The first kappa shape index (κ1) is 21.7. The first-order chi connectivity index (χ1) is 15.3. The number of halogens is 1. The monoisotopic (exact) mass is 452 g/mol. The van der Waals surface area contributed by atoms with Crippen molar-refractivity contribution in [2.24, 2.45) is 0 Å². The number of aryl methyl sites for hydroxylation is 1. The lowest BCUT2D eigenvalue weighted by molar-refractivity contribution is 0.0998. The third-order valence-corrected chi connectivity index (χ3v) is 6.99. The van der Waals surface area contributed by atoms with Crippen molar-refractivity contribution in [1.82, 2.24) is 4.31 Å². The number of rotatable bonds is 6. The highest BCUT2D eigenvalue weighted by Gasteiger charge is 2.22. The summed E-state index contributed by atoms with van der Waals surface area (Å²) in [5.41, 5.74) is 2.23. The molecule has 0 spiro atoms. The molecule has 6 nitrogen and oxygen atoms in total. The van der Waals surface area contributed by atoms with Crippen molar-refractivity contribution in [2.45, 2.75) is 18.4 Å². The van der Waals surface area contributed by atoms with E-state index in [-0.39, 0.29) is 17.2 Å². The Hall–Kier alpha value is -3.49. The quantitative estimate of drug-likeness (QED) is 0.449. The summed E-state index contributed by atoms with van der Waals surface area (Å²) in [7, 11) is -2.18. The lowest BCUT2D eigenvalue weighted by Crippen LogP contribution is -2.26. The zero-order valence-corrected chi connectivity index (χ0v) is 18.3. The van der Waals surface area contributed by atoms with E-state index >= 15 is 0 Å². The summed E-state index contributed by atoms with van der Waals surface area (Å²) in [6.45, 7) is 1.92. The molecule has 0 bridgehead atoms. The molecular weight excluding hydrogens is 431 g/mol. The van der Waals surface area contributed by atoms with Crippen molar-refractivity contribution in [3.8, 4) is 0 Å². The molecule has 1 amide bonds. The Balaban J connectivity index is 1.50. The first-order valence-corrected chi connectivity index (χ1v) is 11.3. The molecule has 0 aliphatic rings. The van der Waals surface area contributed by atoms with Crippen LogP contribution in [0.1, 0.15) is 21.7 Å². The number of nitrogens with one attached hydrogen (secondary N) is 1. The van der Waals surface area contributed by atoms with Gasteiger partial charge in [-0.1, -0.05) is 30.3 Å². The summed E-state index contributed by atoms with van der Waals surface area (Å²) >= 11 is 0. The zero-order chi connectivity index (χ0) is 22.9. The van der Waals surface area contributed by atoms with Gasteiger partial charge in [-0.05, 0) is 55.0 Å². The lowest BCUT2D eigenvalue weighted by Gasteiger charge is -2.17. The van der Waals surface area contributed by atoms with Gasteiger partial charge in [0.1, 0.15) is 11.4 Å². The number of carbonyl (C=O) groups is 1. The van der Waals surface area contributed by atoms with Crippen LogP contribution in [0.25, 0.3) is 11.0 Å². The van der Waals surface area contributed by atoms with Gasteiger partial charge in [-0.3, -0.25) is 4.79 Å². The van der Waals surface area contributed by atoms with Crippen LogP contribution >= 0.6 is 0 Å². The molecule has 0 saturated carbocycles. The van der Waals surface area contributed by atoms with Crippen LogP contribution in [0.5, 0.6) is 0 Å². The summed E-state index contributed by atoms with van der Waals surface area (Å²) < 4.78 is 46.0. The topological polar surface area (TPSA) is 79.6 Å². The van der Waals surface area contributed by atoms with Crippen LogP contribution in [0.2, 0.25) is 0 Å². The highest BCUT2D eigenvalue weighted by atomic mass is 32.2. The molecule has 4 aromatic rings. The predicted molar refractivity (Wildman–Crippen MR) is 120 cm³/mol. The second-order valence-electron chi connectivity index (χ2n) is 7.42. The van der Waals surface area contributed by atoms with Crippen LogP contribution < -0.4 is 5.32 Å². The van der Waals surface area contributed by atoms with Crippen LogP contribution in [0, 0.1) is 12.7 Å². The third-order valence-electron chi connectivity index (χ3n) is 5.17. The normalized spacial score (nSPS) is 11.8. The SMILES string of the molecule is Cc1c(C(=O)Nc2ccc(S(=O)(=O)N(C)Cc3ccccc3)cc2)oc2ccc(F)cc12. The van der Waals surface area contributed by atoms with Crippen molar-refractivity contribution < 1.29 is 22.0 Å². The van der Waals surface area contributed by atoms with Gasteiger partial charge in [0.05, 0.1) is 4.90 Å². The number of anilines is 1. The Morgan fingerprint density at radius 1 is 1.03 bits per heavy atom. The zero-order valence-electron chi connectivity index (χ0n) is 17.5. The Bertz CT molecular complexity index is 1380. The highest BCUT2D eigenvalue weighted by molar-refractivity contribution is 7.89. The molecule has 1 N–H and O–H groups in total. The van der Waals surface area contributed by atoms with Crippen LogP contribution in [0.15, 0.2) is 82.1 Å². The van der Waals surface area contributed by atoms with Gasteiger partial charge in [-0.2, -0.15) is 4.31 Å². The molecule has 0 unspecified atom stereocenters. The fraction of sp³-hybridized carbons (Fsp3) is 0.125. The van der Waals surface area contributed by atoms with Crippen molar-refractivity contribution >= 4 is 32.6 Å². The van der Waals surface area contributed by atoms with E-state index in [0.29, 0.717) is 22.2 Å². The maximum absolute atomic E-state index is 13.5. The summed E-state index contributed by atoms with van der Waals surface area (Å²) in [6.07, 6.45) is 0. The van der Waals surface area contributed by atoms with Gasteiger partial charge in [0.2, 0.25) is 10.0 Å². The third kappa shape index (κ3) is 4.28. The van der Waals surface area contributed by atoms with E-state index in [9.17, 15) is 17.6 Å². The Labute approximate surface area is 185 Å². The van der Waals surface area contributed by atoms with Gasteiger partial charge in [0, 0.05) is 30.2 Å². The fourth-order valence-corrected chi connectivity index (χ4v) is 4.57. The molecule has 1 aromatic heterocycles. The van der Waals surface area contributed by atoms with Gasteiger partial charge >= 0.3 is 0 Å². The van der Waals surface area contributed by atoms with E-state index in [2.05, 4.69) is 5.32 Å². The number of carbonyl (C=O) groups excluding carboxylic acids is 1. The van der Waals surface area contributed by atoms with Crippen LogP contribution in [0.4, 0.5) is 10.1 Å². The van der Waals surface area contributed by atoms with Gasteiger partial charge in [-0.15, -0.1) is 0 Å². The van der Waals surface area contributed by atoms with E-state index in [0.717, 1.165) is 5.56 Å². The minimum absolute atomic E-state index is 0.0740. The average molecular weight is 453 g/mol. The number of sulfonamides is 1.